The molecule has 0 atom stereocenters. The van der Waals surface area contributed by atoms with E-state index < -0.39 is 21.9 Å². The topological polar surface area (TPSA) is 74.7 Å². The summed E-state index contributed by atoms with van der Waals surface area (Å²) >= 11 is 0. The zero-order valence-electron chi connectivity index (χ0n) is 13.0. The van der Waals surface area contributed by atoms with E-state index in [4.69, 9.17) is 5.11 Å². The van der Waals surface area contributed by atoms with E-state index in [1.165, 1.54) is 4.31 Å². The third-order valence-corrected chi connectivity index (χ3v) is 6.83. The van der Waals surface area contributed by atoms with Crippen molar-refractivity contribution in [1.29, 1.82) is 0 Å². The maximum atomic E-state index is 12.8. The fourth-order valence-electron chi connectivity index (χ4n) is 2.77. The normalized spacial score (nSPS) is 16.8. The van der Waals surface area contributed by atoms with Crippen molar-refractivity contribution in [2.75, 3.05) is 13.1 Å². The van der Waals surface area contributed by atoms with Gasteiger partial charge in [0.25, 0.3) is 0 Å². The number of carboxylic acids is 1. The SMILES string of the molecule is Cc1c(C)c(C)c(S(=O)(=O)N2CC(C(=O)O)C2)c(C)c1C. The molecule has 0 saturated carbocycles. The smallest absolute Gasteiger partial charge is 0.309 e. The molecule has 1 aromatic carbocycles. The molecule has 6 heteroatoms. The summed E-state index contributed by atoms with van der Waals surface area (Å²) in [4.78, 5) is 11.2. The van der Waals surface area contributed by atoms with Crippen LogP contribution in [0.3, 0.4) is 0 Å². The molecule has 1 saturated heterocycles. The fourth-order valence-corrected chi connectivity index (χ4v) is 4.86. The van der Waals surface area contributed by atoms with E-state index in [-0.39, 0.29) is 13.1 Å². The molecule has 0 amide bonds. The van der Waals surface area contributed by atoms with Gasteiger partial charge < -0.3 is 5.11 Å². The van der Waals surface area contributed by atoms with E-state index in [2.05, 4.69) is 0 Å². The molecule has 1 aliphatic heterocycles. The van der Waals surface area contributed by atoms with Crippen molar-refractivity contribution in [2.45, 2.75) is 39.5 Å². The summed E-state index contributed by atoms with van der Waals surface area (Å²) < 4.78 is 26.8. The van der Waals surface area contributed by atoms with Gasteiger partial charge in [-0.3, -0.25) is 4.79 Å². The molecule has 21 heavy (non-hydrogen) atoms. The van der Waals surface area contributed by atoms with Crippen molar-refractivity contribution in [3.05, 3.63) is 27.8 Å². The van der Waals surface area contributed by atoms with Crippen molar-refractivity contribution >= 4 is 16.0 Å². The van der Waals surface area contributed by atoms with Crippen LogP contribution in [0.15, 0.2) is 4.90 Å². The van der Waals surface area contributed by atoms with Gasteiger partial charge in [-0.2, -0.15) is 4.31 Å². The molecular weight excluding hydrogens is 290 g/mol. The second-order valence-corrected chi connectivity index (χ2v) is 7.69. The molecule has 116 valence electrons. The second-order valence-electron chi connectivity index (χ2n) is 5.81. The summed E-state index contributed by atoms with van der Waals surface area (Å²) in [7, 11) is -3.62. The fraction of sp³-hybridized carbons (Fsp3) is 0.533. The highest BCUT2D eigenvalue weighted by atomic mass is 32.2. The van der Waals surface area contributed by atoms with Crippen LogP contribution in [0.1, 0.15) is 27.8 Å². The van der Waals surface area contributed by atoms with Gasteiger partial charge in [0.2, 0.25) is 10.0 Å². The van der Waals surface area contributed by atoms with E-state index in [0.29, 0.717) is 4.90 Å². The number of nitrogens with zero attached hydrogens (tertiary/aromatic N) is 1. The minimum atomic E-state index is -3.62. The number of carboxylic acid groups (broad SMARTS) is 1. The Morgan fingerprint density at radius 3 is 1.71 bits per heavy atom. The average Bonchev–Trinajstić information content (AvgIpc) is 2.31. The Morgan fingerprint density at radius 1 is 0.952 bits per heavy atom. The Hall–Kier alpha value is -1.40. The molecule has 0 bridgehead atoms. The number of hydrogen-bond donors (Lipinski definition) is 1. The highest BCUT2D eigenvalue weighted by Gasteiger charge is 2.41. The van der Waals surface area contributed by atoms with E-state index in [1.807, 2.05) is 34.6 Å². The Bertz CT molecular complexity index is 687. The second kappa shape index (κ2) is 5.10. The molecule has 1 heterocycles. The first kappa shape index (κ1) is 16.0. The highest BCUT2D eigenvalue weighted by molar-refractivity contribution is 7.89. The van der Waals surface area contributed by atoms with Crippen LogP contribution < -0.4 is 0 Å². The van der Waals surface area contributed by atoms with Crippen LogP contribution in [-0.2, 0) is 14.8 Å². The van der Waals surface area contributed by atoms with Gasteiger partial charge in [0, 0.05) is 13.1 Å². The molecule has 0 aromatic heterocycles. The van der Waals surface area contributed by atoms with Crippen LogP contribution in [0, 0.1) is 40.5 Å². The van der Waals surface area contributed by atoms with E-state index in [9.17, 15) is 13.2 Å². The molecule has 1 fully saturated rings. The number of hydrogen-bond acceptors (Lipinski definition) is 3. The summed E-state index contributed by atoms with van der Waals surface area (Å²) in [6.45, 7) is 9.58. The summed E-state index contributed by atoms with van der Waals surface area (Å²) in [6, 6.07) is 0. The molecule has 2 rings (SSSR count). The molecule has 0 unspecified atom stereocenters. The first-order valence-electron chi connectivity index (χ1n) is 6.89. The number of aliphatic carboxylic acids is 1. The highest BCUT2D eigenvalue weighted by Crippen LogP contribution is 2.34. The van der Waals surface area contributed by atoms with Crippen LogP contribution >= 0.6 is 0 Å². The molecule has 1 aliphatic rings. The van der Waals surface area contributed by atoms with Crippen LogP contribution in [0.4, 0.5) is 0 Å². The van der Waals surface area contributed by atoms with Crippen LogP contribution in [-0.4, -0.2) is 36.9 Å². The van der Waals surface area contributed by atoms with Crippen molar-refractivity contribution in [3.63, 3.8) is 0 Å². The van der Waals surface area contributed by atoms with Crippen LogP contribution in [0.2, 0.25) is 0 Å². The molecule has 0 spiro atoms. The van der Waals surface area contributed by atoms with E-state index in [1.54, 1.807) is 0 Å². The maximum Gasteiger partial charge on any atom is 0.309 e. The molecule has 1 N–H and O–H groups in total. The Labute approximate surface area is 125 Å². The third kappa shape index (κ3) is 2.36. The minimum absolute atomic E-state index is 0.0581. The minimum Gasteiger partial charge on any atom is -0.481 e. The Kier molecular flexibility index (Phi) is 3.88. The summed E-state index contributed by atoms with van der Waals surface area (Å²) in [5, 5.41) is 8.90. The summed E-state index contributed by atoms with van der Waals surface area (Å²) in [6.07, 6.45) is 0. The largest absolute Gasteiger partial charge is 0.481 e. The zero-order valence-corrected chi connectivity index (χ0v) is 13.8. The predicted molar refractivity (Wildman–Crippen MR) is 80.0 cm³/mol. The van der Waals surface area contributed by atoms with Crippen molar-refractivity contribution in [2.24, 2.45) is 5.92 Å². The first-order valence-corrected chi connectivity index (χ1v) is 8.33. The standard InChI is InChI=1S/C15H21NO4S/c1-8-9(2)11(4)14(12(5)10(8)3)21(19,20)16-6-13(7-16)15(17)18/h13H,6-7H2,1-5H3,(H,17,18). The van der Waals surface area contributed by atoms with E-state index in [0.717, 1.165) is 27.8 Å². The van der Waals surface area contributed by atoms with Crippen molar-refractivity contribution in [3.8, 4) is 0 Å². The quantitative estimate of drug-likeness (QED) is 0.925. The van der Waals surface area contributed by atoms with Gasteiger partial charge in [-0.05, 0) is 62.4 Å². The lowest BCUT2D eigenvalue weighted by Gasteiger charge is -2.36. The Balaban J connectivity index is 2.50. The number of sulfonamides is 1. The zero-order chi connectivity index (χ0) is 16.1. The molecule has 5 nitrogen and oxygen atoms in total. The van der Waals surface area contributed by atoms with Gasteiger partial charge in [0.05, 0.1) is 10.8 Å². The molecule has 0 radical (unpaired) electrons. The number of benzene rings is 1. The van der Waals surface area contributed by atoms with Gasteiger partial charge in [0.15, 0.2) is 0 Å². The lowest BCUT2D eigenvalue weighted by molar-refractivity contribution is -0.145. The van der Waals surface area contributed by atoms with Gasteiger partial charge in [0.1, 0.15) is 0 Å². The van der Waals surface area contributed by atoms with Gasteiger partial charge in [-0.1, -0.05) is 0 Å². The summed E-state index contributed by atoms with van der Waals surface area (Å²) in [5.41, 5.74) is 4.58. The lowest BCUT2D eigenvalue weighted by Crippen LogP contribution is -2.53. The number of rotatable bonds is 3. The third-order valence-electron chi connectivity index (χ3n) is 4.73. The predicted octanol–water partition coefficient (Wildman–Crippen LogP) is 1.93. The summed E-state index contributed by atoms with van der Waals surface area (Å²) in [5.74, 6) is -1.53. The first-order chi connectivity index (χ1) is 9.59. The van der Waals surface area contributed by atoms with Gasteiger partial charge >= 0.3 is 5.97 Å². The maximum absolute atomic E-state index is 12.8. The van der Waals surface area contributed by atoms with Crippen molar-refractivity contribution < 1.29 is 18.3 Å². The molecular formula is C15H21NO4S. The Morgan fingerprint density at radius 2 is 1.33 bits per heavy atom. The number of carbonyl (C=O) groups is 1. The van der Waals surface area contributed by atoms with E-state index >= 15 is 0 Å². The monoisotopic (exact) mass is 311 g/mol. The van der Waals surface area contributed by atoms with Gasteiger partial charge in [-0.25, -0.2) is 8.42 Å². The van der Waals surface area contributed by atoms with Crippen LogP contribution in [0.25, 0.3) is 0 Å². The van der Waals surface area contributed by atoms with Crippen LogP contribution in [0.5, 0.6) is 0 Å². The molecule has 0 aliphatic carbocycles. The van der Waals surface area contributed by atoms with Crippen molar-refractivity contribution in [1.82, 2.24) is 4.31 Å². The van der Waals surface area contributed by atoms with Gasteiger partial charge in [-0.15, -0.1) is 0 Å². The average molecular weight is 311 g/mol. The lowest BCUT2D eigenvalue weighted by atomic mass is 9.95. The molecule has 1 aromatic rings.